The molecule has 1 heterocycles. The minimum absolute atomic E-state index is 0.0636. The Balaban J connectivity index is 1.38. The van der Waals surface area contributed by atoms with Gasteiger partial charge in [-0.2, -0.15) is 0 Å². The molecule has 1 aromatic heterocycles. The topological polar surface area (TPSA) is 91.8 Å². The molecule has 216 valence electrons. The summed E-state index contributed by atoms with van der Waals surface area (Å²) >= 11 is 13.1. The van der Waals surface area contributed by atoms with Crippen molar-refractivity contribution in [3.8, 4) is 5.75 Å². The van der Waals surface area contributed by atoms with Crippen molar-refractivity contribution in [2.45, 2.75) is 13.5 Å². The van der Waals surface area contributed by atoms with Gasteiger partial charge in [0.2, 0.25) is 11.8 Å². The van der Waals surface area contributed by atoms with Crippen LogP contribution in [0.25, 0.3) is 17.0 Å². The van der Waals surface area contributed by atoms with Gasteiger partial charge in [-0.3, -0.25) is 14.4 Å². The van der Waals surface area contributed by atoms with Crippen LogP contribution < -0.4 is 15.0 Å². The summed E-state index contributed by atoms with van der Waals surface area (Å²) in [4.78, 5) is 44.7. The second-order valence-electron chi connectivity index (χ2n) is 9.75. The molecule has 0 saturated heterocycles. The molecule has 0 bridgehead atoms. The number of nitrogens with zero attached hydrogens (tertiary/aromatic N) is 3. The number of halogens is 2. The van der Waals surface area contributed by atoms with Crippen molar-refractivity contribution in [2.24, 2.45) is 0 Å². The highest BCUT2D eigenvalue weighted by molar-refractivity contribution is 6.38. The number of anilines is 1. The van der Waals surface area contributed by atoms with Gasteiger partial charge < -0.3 is 19.9 Å². The molecule has 8 nitrogen and oxygen atoms in total. The molecule has 4 aromatic rings. The van der Waals surface area contributed by atoms with Crippen LogP contribution in [0.2, 0.25) is 10.0 Å². The van der Waals surface area contributed by atoms with Gasteiger partial charge in [0.1, 0.15) is 17.9 Å². The van der Waals surface area contributed by atoms with Crippen molar-refractivity contribution >= 4 is 63.6 Å². The number of nitrogens with one attached hydrogen (secondary N) is 1. The number of ether oxygens (including phenoxy) is 1. The Morgan fingerprint density at radius 2 is 1.69 bits per heavy atom. The van der Waals surface area contributed by atoms with Crippen LogP contribution in [-0.2, 0) is 16.2 Å². The third kappa shape index (κ3) is 7.26. The Morgan fingerprint density at radius 1 is 0.952 bits per heavy atom. The molecule has 1 N–H and O–H groups in total. The van der Waals surface area contributed by atoms with Crippen molar-refractivity contribution < 1.29 is 19.1 Å². The maximum Gasteiger partial charge on any atom is 0.253 e. The first kappa shape index (κ1) is 30.6. The SMILES string of the molecule is Cc1ccc2cccc(OCc3c(Cl)ccc(N(C)C(=O)CNC(=O)C=Cc4ccc(C(=O)N(C)C)cc4)c3Cl)c2n1. The minimum Gasteiger partial charge on any atom is -0.487 e. The Hall–Kier alpha value is -4.40. The highest BCUT2D eigenvalue weighted by Crippen LogP contribution is 2.35. The van der Waals surface area contributed by atoms with Gasteiger partial charge in [-0.05, 0) is 55.0 Å². The molecule has 0 fully saturated rings. The van der Waals surface area contributed by atoms with E-state index in [0.717, 1.165) is 22.2 Å². The van der Waals surface area contributed by atoms with Gasteiger partial charge in [-0.1, -0.05) is 53.5 Å². The van der Waals surface area contributed by atoms with E-state index >= 15 is 0 Å². The van der Waals surface area contributed by atoms with E-state index in [-0.39, 0.29) is 30.0 Å². The van der Waals surface area contributed by atoms with Crippen LogP contribution in [-0.4, -0.2) is 55.3 Å². The Kier molecular flexibility index (Phi) is 9.83. The highest BCUT2D eigenvalue weighted by atomic mass is 35.5. The second kappa shape index (κ2) is 13.5. The fourth-order valence-electron chi connectivity index (χ4n) is 4.10. The van der Waals surface area contributed by atoms with Crippen LogP contribution in [0.15, 0.2) is 72.8 Å². The summed E-state index contributed by atoms with van der Waals surface area (Å²) in [5, 5.41) is 4.19. The molecule has 0 unspecified atom stereocenters. The molecule has 0 aliphatic rings. The summed E-state index contributed by atoms with van der Waals surface area (Å²) in [5.41, 5.74) is 3.83. The molecule has 3 aromatic carbocycles. The normalized spacial score (nSPS) is 11.0. The molecule has 3 amide bonds. The van der Waals surface area contributed by atoms with E-state index < -0.39 is 5.91 Å². The van der Waals surface area contributed by atoms with Crippen LogP contribution in [0.1, 0.15) is 27.2 Å². The molecule has 10 heteroatoms. The van der Waals surface area contributed by atoms with Gasteiger partial charge >= 0.3 is 0 Å². The maximum absolute atomic E-state index is 12.9. The lowest BCUT2D eigenvalue weighted by atomic mass is 10.1. The summed E-state index contributed by atoms with van der Waals surface area (Å²) in [5.74, 6) is -0.344. The number of para-hydroxylation sites is 1. The number of amides is 3. The molecule has 0 aliphatic heterocycles. The number of aryl methyl sites for hydroxylation is 1. The lowest BCUT2D eigenvalue weighted by Crippen LogP contribution is -2.37. The number of benzene rings is 3. The molecule has 0 spiro atoms. The first-order valence-corrected chi connectivity index (χ1v) is 13.8. The molecule has 0 atom stereocenters. The fourth-order valence-corrected chi connectivity index (χ4v) is 4.71. The molecule has 42 heavy (non-hydrogen) atoms. The lowest BCUT2D eigenvalue weighted by Gasteiger charge is -2.21. The average Bonchev–Trinajstić information content (AvgIpc) is 2.98. The summed E-state index contributed by atoms with van der Waals surface area (Å²) in [7, 11) is 4.93. The van der Waals surface area contributed by atoms with Crippen molar-refractivity contribution in [2.75, 3.05) is 32.6 Å². The van der Waals surface area contributed by atoms with Crippen molar-refractivity contribution in [3.05, 3.63) is 105 Å². The van der Waals surface area contributed by atoms with Gasteiger partial charge in [0.15, 0.2) is 0 Å². The number of carbonyl (C=O) groups excluding carboxylic acids is 3. The quantitative estimate of drug-likeness (QED) is 0.239. The summed E-state index contributed by atoms with van der Waals surface area (Å²) in [6.07, 6.45) is 2.92. The summed E-state index contributed by atoms with van der Waals surface area (Å²) < 4.78 is 6.07. The first-order chi connectivity index (χ1) is 20.0. The van der Waals surface area contributed by atoms with Gasteiger partial charge in [-0.25, -0.2) is 4.98 Å². The van der Waals surface area contributed by atoms with Crippen molar-refractivity contribution in [1.82, 2.24) is 15.2 Å². The largest absolute Gasteiger partial charge is 0.487 e. The van der Waals surface area contributed by atoms with Crippen molar-refractivity contribution in [1.29, 1.82) is 0 Å². The molecule has 4 rings (SSSR count). The predicted molar refractivity (Wildman–Crippen MR) is 167 cm³/mol. The first-order valence-electron chi connectivity index (χ1n) is 13.1. The monoisotopic (exact) mass is 604 g/mol. The number of likely N-dealkylation sites (N-methyl/N-ethyl adjacent to an activating group) is 1. The maximum atomic E-state index is 12.9. The molecule has 0 saturated carbocycles. The van der Waals surface area contributed by atoms with Crippen LogP contribution in [0, 0.1) is 6.92 Å². The third-order valence-electron chi connectivity index (χ3n) is 6.50. The molecule has 0 radical (unpaired) electrons. The van der Waals surface area contributed by atoms with E-state index in [1.165, 1.54) is 15.9 Å². The minimum atomic E-state index is -0.444. The standard InChI is InChI=1S/C32H30Cl2N4O4/c1-20-8-12-22-6-5-7-27(31(22)36-20)42-19-24-25(33)15-16-26(30(24)34)38(4)29(40)18-35-28(39)17-11-21-9-13-23(14-10-21)32(41)37(2)3/h5-17H,18-19H2,1-4H3,(H,35,39). The Morgan fingerprint density at radius 3 is 2.40 bits per heavy atom. The van der Waals surface area contributed by atoms with Gasteiger partial charge in [0.25, 0.3) is 5.91 Å². The zero-order chi connectivity index (χ0) is 30.4. The number of pyridine rings is 1. The number of hydrogen-bond donors (Lipinski definition) is 1. The predicted octanol–water partition coefficient (Wildman–Crippen LogP) is 5.92. The van der Waals surface area contributed by atoms with Crippen LogP contribution in [0.4, 0.5) is 5.69 Å². The molecular formula is C32H30Cl2N4O4. The lowest BCUT2D eigenvalue weighted by molar-refractivity contribution is -0.122. The Bertz CT molecular complexity index is 1670. The van der Waals surface area contributed by atoms with E-state index in [1.54, 1.807) is 63.6 Å². The number of hydrogen-bond acceptors (Lipinski definition) is 5. The van der Waals surface area contributed by atoms with Crippen molar-refractivity contribution in [3.63, 3.8) is 0 Å². The smallest absolute Gasteiger partial charge is 0.253 e. The number of aromatic nitrogens is 1. The Labute approximate surface area is 254 Å². The number of rotatable bonds is 9. The summed E-state index contributed by atoms with van der Waals surface area (Å²) in [6, 6.07) is 19.7. The second-order valence-corrected chi connectivity index (χ2v) is 10.5. The molecule has 0 aliphatic carbocycles. The van der Waals surface area contributed by atoms with E-state index in [2.05, 4.69) is 10.3 Å². The zero-order valence-corrected chi connectivity index (χ0v) is 25.2. The van der Waals surface area contributed by atoms with Gasteiger partial charge in [0.05, 0.1) is 17.3 Å². The van der Waals surface area contributed by atoms with E-state index in [4.69, 9.17) is 27.9 Å². The van der Waals surface area contributed by atoms with E-state index in [9.17, 15) is 14.4 Å². The van der Waals surface area contributed by atoms with Gasteiger partial charge in [0, 0.05) is 54.4 Å². The highest BCUT2D eigenvalue weighted by Gasteiger charge is 2.19. The van der Waals surface area contributed by atoms with Crippen LogP contribution in [0.3, 0.4) is 0 Å². The van der Waals surface area contributed by atoms with Crippen LogP contribution in [0.5, 0.6) is 5.75 Å². The van der Waals surface area contributed by atoms with E-state index in [0.29, 0.717) is 27.6 Å². The average molecular weight is 606 g/mol. The summed E-state index contributed by atoms with van der Waals surface area (Å²) in [6.45, 7) is 1.73. The van der Waals surface area contributed by atoms with E-state index in [1.807, 2.05) is 37.3 Å². The zero-order valence-electron chi connectivity index (χ0n) is 23.7. The number of fused-ring (bicyclic) bond motifs is 1. The third-order valence-corrected chi connectivity index (χ3v) is 7.28. The number of carbonyl (C=O) groups is 3. The van der Waals surface area contributed by atoms with Gasteiger partial charge in [-0.15, -0.1) is 0 Å². The fraction of sp³-hybridized carbons (Fsp3) is 0.188. The molecular weight excluding hydrogens is 575 g/mol. The van der Waals surface area contributed by atoms with Crippen LogP contribution >= 0.6 is 23.2 Å².